The summed E-state index contributed by atoms with van der Waals surface area (Å²) in [7, 11) is 0. The van der Waals surface area contributed by atoms with Crippen LogP contribution in [-0.2, 0) is 0 Å². The van der Waals surface area contributed by atoms with Crippen molar-refractivity contribution in [3.63, 3.8) is 0 Å². The summed E-state index contributed by atoms with van der Waals surface area (Å²) < 4.78 is 0. The average molecular weight is 296 g/mol. The van der Waals surface area contributed by atoms with Gasteiger partial charge >= 0.3 is 6.03 Å². The summed E-state index contributed by atoms with van der Waals surface area (Å²) in [5.74, 6) is 0.418. The number of halogens is 2. The SMILES string of the molecule is Cc1c(Cl)cccc1NC(=O)Nc1ccc(Cl)cn1. The van der Waals surface area contributed by atoms with Crippen LogP contribution in [-0.4, -0.2) is 11.0 Å². The van der Waals surface area contributed by atoms with Gasteiger partial charge in [-0.1, -0.05) is 29.3 Å². The number of carbonyl (C=O) groups is 1. The molecule has 0 saturated heterocycles. The average Bonchev–Trinajstić information content (AvgIpc) is 2.38. The highest BCUT2D eigenvalue weighted by Gasteiger charge is 2.07. The first-order valence-corrected chi connectivity index (χ1v) is 6.26. The van der Waals surface area contributed by atoms with Crippen LogP contribution in [0, 0.1) is 6.92 Å². The fraction of sp³-hybridized carbons (Fsp3) is 0.0769. The second-order valence-corrected chi connectivity index (χ2v) is 4.70. The summed E-state index contributed by atoms with van der Waals surface area (Å²) in [5.41, 5.74) is 1.46. The maximum atomic E-state index is 11.8. The highest BCUT2D eigenvalue weighted by molar-refractivity contribution is 6.31. The van der Waals surface area contributed by atoms with Gasteiger partial charge in [0.2, 0.25) is 0 Å². The number of pyridine rings is 1. The standard InChI is InChI=1S/C13H11Cl2N3O/c1-8-10(15)3-2-4-11(8)17-13(19)18-12-6-5-9(14)7-16-12/h2-7H,1H3,(H2,16,17,18,19). The first-order valence-electron chi connectivity index (χ1n) is 5.51. The van der Waals surface area contributed by atoms with Crippen molar-refractivity contribution in [1.82, 2.24) is 4.98 Å². The molecule has 2 aromatic rings. The van der Waals surface area contributed by atoms with E-state index in [0.717, 1.165) is 5.56 Å². The predicted octanol–water partition coefficient (Wildman–Crippen LogP) is 4.34. The lowest BCUT2D eigenvalue weighted by Crippen LogP contribution is -2.20. The number of benzene rings is 1. The molecule has 2 N–H and O–H groups in total. The Morgan fingerprint density at radius 3 is 2.63 bits per heavy atom. The minimum Gasteiger partial charge on any atom is -0.307 e. The summed E-state index contributed by atoms with van der Waals surface area (Å²) >= 11 is 11.7. The molecule has 0 spiro atoms. The van der Waals surface area contributed by atoms with Crippen LogP contribution in [0.15, 0.2) is 36.5 Å². The van der Waals surface area contributed by atoms with Crippen LogP contribution in [0.25, 0.3) is 0 Å². The second-order valence-electron chi connectivity index (χ2n) is 3.85. The Bertz CT molecular complexity index is 599. The molecule has 1 heterocycles. The number of rotatable bonds is 2. The maximum absolute atomic E-state index is 11.8. The molecule has 0 aliphatic carbocycles. The van der Waals surface area contributed by atoms with Crippen LogP contribution in [0.1, 0.15) is 5.56 Å². The van der Waals surface area contributed by atoms with Gasteiger partial charge in [-0.15, -0.1) is 0 Å². The van der Waals surface area contributed by atoms with Crippen molar-refractivity contribution in [3.8, 4) is 0 Å². The number of anilines is 2. The molecule has 0 fully saturated rings. The number of amides is 2. The lowest BCUT2D eigenvalue weighted by molar-refractivity contribution is 0.262. The summed E-state index contributed by atoms with van der Waals surface area (Å²) in [6.07, 6.45) is 1.46. The lowest BCUT2D eigenvalue weighted by atomic mass is 10.2. The van der Waals surface area contributed by atoms with Gasteiger partial charge in [-0.25, -0.2) is 9.78 Å². The van der Waals surface area contributed by atoms with Crippen molar-refractivity contribution < 1.29 is 4.79 Å². The zero-order valence-corrected chi connectivity index (χ0v) is 11.6. The van der Waals surface area contributed by atoms with E-state index in [0.29, 0.717) is 21.6 Å². The van der Waals surface area contributed by atoms with E-state index in [1.54, 1.807) is 30.3 Å². The molecule has 0 aliphatic rings. The minimum absolute atomic E-state index is 0.389. The predicted molar refractivity (Wildman–Crippen MR) is 78.1 cm³/mol. The van der Waals surface area contributed by atoms with E-state index in [-0.39, 0.29) is 6.03 Å². The number of carbonyl (C=O) groups excluding carboxylic acids is 1. The number of aromatic nitrogens is 1. The third kappa shape index (κ3) is 3.59. The summed E-state index contributed by atoms with van der Waals surface area (Å²) in [6, 6.07) is 8.18. The smallest absolute Gasteiger partial charge is 0.307 e. The van der Waals surface area contributed by atoms with Crippen LogP contribution in [0.4, 0.5) is 16.3 Å². The molecule has 98 valence electrons. The van der Waals surface area contributed by atoms with Crippen molar-refractivity contribution in [2.45, 2.75) is 6.92 Å². The quantitative estimate of drug-likeness (QED) is 0.866. The summed E-state index contributed by atoms with van der Waals surface area (Å²) in [4.78, 5) is 15.8. The highest BCUT2D eigenvalue weighted by atomic mass is 35.5. The van der Waals surface area contributed by atoms with Crippen LogP contribution in [0.3, 0.4) is 0 Å². The van der Waals surface area contributed by atoms with Gasteiger partial charge in [0.1, 0.15) is 5.82 Å². The fourth-order valence-corrected chi connectivity index (χ4v) is 1.75. The zero-order valence-electron chi connectivity index (χ0n) is 10.1. The van der Waals surface area contributed by atoms with Crippen LogP contribution in [0.2, 0.25) is 10.0 Å². The van der Waals surface area contributed by atoms with Gasteiger partial charge in [-0.2, -0.15) is 0 Å². The highest BCUT2D eigenvalue weighted by Crippen LogP contribution is 2.23. The van der Waals surface area contributed by atoms with Crippen molar-refractivity contribution >= 4 is 40.7 Å². The Balaban J connectivity index is 2.05. The molecular weight excluding hydrogens is 285 g/mol. The van der Waals surface area contributed by atoms with Gasteiger partial charge in [0, 0.05) is 16.9 Å². The molecule has 0 aliphatic heterocycles. The fourth-order valence-electron chi connectivity index (χ4n) is 1.46. The van der Waals surface area contributed by atoms with Crippen molar-refractivity contribution in [1.29, 1.82) is 0 Å². The first-order chi connectivity index (χ1) is 9.06. The Morgan fingerprint density at radius 1 is 1.16 bits per heavy atom. The van der Waals surface area contributed by atoms with E-state index in [2.05, 4.69) is 15.6 Å². The van der Waals surface area contributed by atoms with Gasteiger partial charge in [0.05, 0.1) is 5.02 Å². The molecule has 0 radical (unpaired) electrons. The lowest BCUT2D eigenvalue weighted by Gasteiger charge is -2.10. The van der Waals surface area contributed by atoms with Crippen LogP contribution in [0.5, 0.6) is 0 Å². The second kappa shape index (κ2) is 5.91. The van der Waals surface area contributed by atoms with E-state index in [1.807, 2.05) is 6.92 Å². The zero-order chi connectivity index (χ0) is 13.8. The summed E-state index contributed by atoms with van der Waals surface area (Å²) in [5, 5.41) is 6.42. The minimum atomic E-state index is -0.389. The van der Waals surface area contributed by atoms with Gasteiger partial charge in [0.15, 0.2) is 0 Å². The van der Waals surface area contributed by atoms with Crippen molar-refractivity contribution in [3.05, 3.63) is 52.1 Å². The molecule has 2 amide bonds. The monoisotopic (exact) mass is 295 g/mol. The molecule has 1 aromatic carbocycles. The normalized spacial score (nSPS) is 10.1. The molecule has 0 bridgehead atoms. The number of hydrogen-bond donors (Lipinski definition) is 2. The molecule has 19 heavy (non-hydrogen) atoms. The third-order valence-electron chi connectivity index (χ3n) is 2.48. The Hall–Kier alpha value is -1.78. The van der Waals surface area contributed by atoms with E-state index >= 15 is 0 Å². The number of urea groups is 1. The largest absolute Gasteiger partial charge is 0.324 e. The van der Waals surface area contributed by atoms with Crippen LogP contribution < -0.4 is 10.6 Å². The molecule has 2 rings (SSSR count). The molecule has 0 atom stereocenters. The summed E-state index contributed by atoms with van der Waals surface area (Å²) in [6.45, 7) is 1.83. The molecule has 4 nitrogen and oxygen atoms in total. The van der Waals surface area contributed by atoms with Gasteiger partial charge in [-0.05, 0) is 36.8 Å². The van der Waals surface area contributed by atoms with E-state index < -0.39 is 0 Å². The van der Waals surface area contributed by atoms with E-state index in [1.165, 1.54) is 6.20 Å². The van der Waals surface area contributed by atoms with E-state index in [4.69, 9.17) is 23.2 Å². The number of nitrogens with one attached hydrogen (secondary N) is 2. The van der Waals surface area contributed by atoms with Crippen molar-refractivity contribution in [2.75, 3.05) is 10.6 Å². The molecular formula is C13H11Cl2N3O. The molecule has 0 saturated carbocycles. The van der Waals surface area contributed by atoms with Gasteiger partial charge in [-0.3, -0.25) is 5.32 Å². The Labute approximate surface area is 120 Å². The Kier molecular flexibility index (Phi) is 4.24. The van der Waals surface area contributed by atoms with Crippen molar-refractivity contribution in [2.24, 2.45) is 0 Å². The third-order valence-corrected chi connectivity index (χ3v) is 3.12. The topological polar surface area (TPSA) is 54.0 Å². The van der Waals surface area contributed by atoms with Gasteiger partial charge in [0.25, 0.3) is 0 Å². The molecule has 6 heteroatoms. The molecule has 0 unspecified atom stereocenters. The first kappa shape index (κ1) is 13.6. The number of nitrogens with zero attached hydrogens (tertiary/aromatic N) is 1. The van der Waals surface area contributed by atoms with Gasteiger partial charge < -0.3 is 5.32 Å². The Morgan fingerprint density at radius 2 is 1.95 bits per heavy atom. The number of hydrogen-bond acceptors (Lipinski definition) is 2. The molecule has 1 aromatic heterocycles. The van der Waals surface area contributed by atoms with Crippen LogP contribution >= 0.6 is 23.2 Å². The maximum Gasteiger partial charge on any atom is 0.324 e. The van der Waals surface area contributed by atoms with E-state index in [9.17, 15) is 4.79 Å².